The first-order valence-corrected chi connectivity index (χ1v) is 5.80. The molecule has 1 heterocycles. The van der Waals surface area contributed by atoms with Gasteiger partial charge in [-0.15, -0.1) is 11.3 Å². The molecule has 0 saturated carbocycles. The Hall–Kier alpha value is -0.340. The van der Waals surface area contributed by atoms with E-state index in [1.54, 1.807) is 0 Å². The van der Waals surface area contributed by atoms with Crippen LogP contribution in [0.1, 0.15) is 25.1 Å². The van der Waals surface area contributed by atoms with Crippen LogP contribution < -0.4 is 5.32 Å². The molecule has 0 aliphatic heterocycles. The van der Waals surface area contributed by atoms with E-state index in [9.17, 15) is 0 Å². The molecule has 0 aliphatic rings. The van der Waals surface area contributed by atoms with Crippen LogP contribution in [0.15, 0.2) is 17.5 Å². The van der Waals surface area contributed by atoms with Gasteiger partial charge in [-0.1, -0.05) is 13.0 Å². The van der Waals surface area contributed by atoms with Gasteiger partial charge in [0.1, 0.15) is 0 Å². The Kier molecular flexibility index (Phi) is 4.46. The third-order valence-corrected chi connectivity index (χ3v) is 3.28. The fraction of sp³-hybridized carbons (Fsp3) is 0.636. The van der Waals surface area contributed by atoms with Crippen molar-refractivity contribution in [1.82, 2.24) is 5.32 Å². The molecular formula is C11H19NS. The number of rotatable bonds is 5. The van der Waals surface area contributed by atoms with Gasteiger partial charge in [0, 0.05) is 10.9 Å². The van der Waals surface area contributed by atoms with Crippen LogP contribution in [-0.4, -0.2) is 13.1 Å². The van der Waals surface area contributed by atoms with Crippen LogP contribution in [0.4, 0.5) is 0 Å². The van der Waals surface area contributed by atoms with E-state index in [0.29, 0.717) is 6.04 Å². The standard InChI is InChI=1S/C11H19NS/c1-9(7-10(2)12-3)8-11-5-4-6-13-11/h4-6,9-10,12H,7-8H2,1-3H3. The molecule has 2 atom stereocenters. The highest BCUT2D eigenvalue weighted by Crippen LogP contribution is 2.17. The van der Waals surface area contributed by atoms with Gasteiger partial charge in [-0.05, 0) is 44.2 Å². The molecule has 0 spiro atoms. The van der Waals surface area contributed by atoms with Crippen molar-refractivity contribution in [2.24, 2.45) is 5.92 Å². The highest BCUT2D eigenvalue weighted by Gasteiger charge is 2.07. The van der Waals surface area contributed by atoms with Crippen molar-refractivity contribution in [3.63, 3.8) is 0 Å². The minimum absolute atomic E-state index is 0.634. The van der Waals surface area contributed by atoms with Crippen molar-refractivity contribution in [2.45, 2.75) is 32.7 Å². The highest BCUT2D eigenvalue weighted by atomic mass is 32.1. The second-order valence-corrected chi connectivity index (χ2v) is 4.85. The molecule has 0 bridgehead atoms. The van der Waals surface area contributed by atoms with Crippen LogP contribution in [0, 0.1) is 5.92 Å². The first kappa shape index (κ1) is 10.7. The van der Waals surface area contributed by atoms with Crippen LogP contribution in [0.2, 0.25) is 0 Å². The minimum Gasteiger partial charge on any atom is -0.317 e. The Labute approximate surface area is 85.2 Å². The molecule has 1 N–H and O–H groups in total. The molecule has 0 saturated heterocycles. The van der Waals surface area contributed by atoms with Crippen LogP contribution in [-0.2, 0) is 6.42 Å². The molecule has 0 aromatic carbocycles. The second-order valence-electron chi connectivity index (χ2n) is 3.81. The molecule has 2 unspecified atom stereocenters. The molecule has 0 fully saturated rings. The van der Waals surface area contributed by atoms with Crippen LogP contribution in [0.5, 0.6) is 0 Å². The van der Waals surface area contributed by atoms with E-state index in [-0.39, 0.29) is 0 Å². The average molecular weight is 197 g/mol. The largest absolute Gasteiger partial charge is 0.317 e. The zero-order valence-electron chi connectivity index (χ0n) is 8.71. The summed E-state index contributed by atoms with van der Waals surface area (Å²) in [6.45, 7) is 4.57. The SMILES string of the molecule is CNC(C)CC(C)Cc1cccs1. The van der Waals surface area contributed by atoms with Crippen molar-refractivity contribution >= 4 is 11.3 Å². The zero-order valence-corrected chi connectivity index (χ0v) is 9.53. The van der Waals surface area contributed by atoms with Gasteiger partial charge in [-0.3, -0.25) is 0 Å². The Balaban J connectivity index is 2.29. The van der Waals surface area contributed by atoms with Crippen molar-refractivity contribution in [1.29, 1.82) is 0 Å². The van der Waals surface area contributed by atoms with Gasteiger partial charge >= 0.3 is 0 Å². The summed E-state index contributed by atoms with van der Waals surface area (Å²) >= 11 is 1.87. The minimum atomic E-state index is 0.634. The smallest absolute Gasteiger partial charge is 0.00478 e. The molecule has 74 valence electrons. The van der Waals surface area contributed by atoms with E-state index in [2.05, 4.69) is 36.7 Å². The summed E-state index contributed by atoms with van der Waals surface area (Å²) in [5.41, 5.74) is 0. The molecular weight excluding hydrogens is 178 g/mol. The van der Waals surface area contributed by atoms with Crippen LogP contribution in [0.3, 0.4) is 0 Å². The predicted octanol–water partition coefficient (Wildman–Crippen LogP) is 2.92. The maximum absolute atomic E-state index is 3.28. The molecule has 0 radical (unpaired) electrons. The summed E-state index contributed by atoms with van der Waals surface area (Å²) in [4.78, 5) is 1.51. The number of thiophene rings is 1. The quantitative estimate of drug-likeness (QED) is 0.765. The topological polar surface area (TPSA) is 12.0 Å². The van der Waals surface area contributed by atoms with Gasteiger partial charge in [0.15, 0.2) is 0 Å². The third kappa shape index (κ3) is 3.92. The lowest BCUT2D eigenvalue weighted by Gasteiger charge is -2.15. The summed E-state index contributed by atoms with van der Waals surface area (Å²) in [6, 6.07) is 4.99. The fourth-order valence-electron chi connectivity index (χ4n) is 1.58. The number of hydrogen-bond donors (Lipinski definition) is 1. The molecule has 0 amide bonds. The maximum Gasteiger partial charge on any atom is 0.00478 e. The lowest BCUT2D eigenvalue weighted by Crippen LogP contribution is -2.24. The average Bonchev–Trinajstić information content (AvgIpc) is 2.56. The Morgan fingerprint density at radius 2 is 2.23 bits per heavy atom. The Morgan fingerprint density at radius 3 is 2.77 bits per heavy atom. The summed E-state index contributed by atoms with van der Waals surface area (Å²) in [6.07, 6.45) is 2.48. The van der Waals surface area contributed by atoms with Crippen LogP contribution in [0.25, 0.3) is 0 Å². The maximum atomic E-state index is 3.28. The normalized spacial score (nSPS) is 15.6. The summed E-state index contributed by atoms with van der Waals surface area (Å²) in [7, 11) is 2.03. The van der Waals surface area contributed by atoms with Gasteiger partial charge in [0.25, 0.3) is 0 Å². The Morgan fingerprint density at radius 1 is 1.46 bits per heavy atom. The monoisotopic (exact) mass is 197 g/mol. The van der Waals surface area contributed by atoms with Gasteiger partial charge in [0.2, 0.25) is 0 Å². The van der Waals surface area contributed by atoms with E-state index < -0.39 is 0 Å². The van der Waals surface area contributed by atoms with E-state index in [1.165, 1.54) is 17.7 Å². The van der Waals surface area contributed by atoms with Crippen molar-refractivity contribution in [3.8, 4) is 0 Å². The predicted molar refractivity (Wildman–Crippen MR) is 60.3 cm³/mol. The third-order valence-electron chi connectivity index (χ3n) is 2.38. The van der Waals surface area contributed by atoms with E-state index in [0.717, 1.165) is 5.92 Å². The lowest BCUT2D eigenvalue weighted by atomic mass is 9.99. The van der Waals surface area contributed by atoms with Crippen LogP contribution >= 0.6 is 11.3 Å². The highest BCUT2D eigenvalue weighted by molar-refractivity contribution is 7.09. The molecule has 1 nitrogen and oxygen atoms in total. The molecule has 2 heteroatoms. The number of hydrogen-bond acceptors (Lipinski definition) is 2. The van der Waals surface area contributed by atoms with E-state index in [4.69, 9.17) is 0 Å². The van der Waals surface area contributed by atoms with Gasteiger partial charge in [0.05, 0.1) is 0 Å². The number of nitrogens with one attached hydrogen (secondary N) is 1. The zero-order chi connectivity index (χ0) is 9.68. The van der Waals surface area contributed by atoms with Crippen molar-refractivity contribution in [3.05, 3.63) is 22.4 Å². The molecule has 1 rings (SSSR count). The van der Waals surface area contributed by atoms with Gasteiger partial charge < -0.3 is 5.32 Å². The summed E-state index contributed by atoms with van der Waals surface area (Å²) in [5, 5.41) is 5.44. The second kappa shape index (κ2) is 5.40. The molecule has 13 heavy (non-hydrogen) atoms. The van der Waals surface area contributed by atoms with Gasteiger partial charge in [-0.25, -0.2) is 0 Å². The summed E-state index contributed by atoms with van der Waals surface area (Å²) < 4.78 is 0. The van der Waals surface area contributed by atoms with Gasteiger partial charge in [-0.2, -0.15) is 0 Å². The first-order chi connectivity index (χ1) is 6.22. The van der Waals surface area contributed by atoms with Crippen molar-refractivity contribution < 1.29 is 0 Å². The van der Waals surface area contributed by atoms with E-state index >= 15 is 0 Å². The Bertz CT molecular complexity index is 218. The fourth-order valence-corrected chi connectivity index (χ4v) is 2.45. The molecule has 1 aromatic heterocycles. The van der Waals surface area contributed by atoms with Crippen molar-refractivity contribution in [2.75, 3.05) is 7.05 Å². The molecule has 1 aromatic rings. The first-order valence-electron chi connectivity index (χ1n) is 4.92. The van der Waals surface area contributed by atoms with E-state index in [1.807, 2.05) is 18.4 Å². The summed E-state index contributed by atoms with van der Waals surface area (Å²) in [5.74, 6) is 0.779. The molecule has 0 aliphatic carbocycles. The lowest BCUT2D eigenvalue weighted by molar-refractivity contribution is 0.442.